The minimum Gasteiger partial charge on any atom is -0.348 e. The summed E-state index contributed by atoms with van der Waals surface area (Å²) < 4.78 is 0. The monoisotopic (exact) mass is 323 g/mol. The number of carbonyl (C=O) groups excluding carboxylic acids is 1. The normalized spacial score (nSPS) is 12.1. The number of carbonyl (C=O) groups is 1. The molecule has 2 aromatic heterocycles. The summed E-state index contributed by atoms with van der Waals surface area (Å²) in [4.78, 5) is 30.7. The first-order valence-electron chi connectivity index (χ1n) is 7.68. The third-order valence-corrected chi connectivity index (χ3v) is 3.68. The fourth-order valence-corrected chi connectivity index (χ4v) is 2.50. The molecular formula is C17H17N5O2. The van der Waals surface area contributed by atoms with Crippen molar-refractivity contribution in [1.82, 2.24) is 25.5 Å². The highest BCUT2D eigenvalue weighted by molar-refractivity contribution is 5.80. The molecule has 0 saturated heterocycles. The van der Waals surface area contributed by atoms with Crippen molar-refractivity contribution < 1.29 is 4.79 Å². The van der Waals surface area contributed by atoms with E-state index in [1.807, 2.05) is 37.3 Å². The number of rotatable bonds is 4. The van der Waals surface area contributed by atoms with Crippen molar-refractivity contribution in [2.24, 2.45) is 0 Å². The molecule has 1 atom stereocenters. The molecule has 1 aromatic carbocycles. The Morgan fingerprint density at radius 1 is 1.21 bits per heavy atom. The Morgan fingerprint density at radius 3 is 2.71 bits per heavy atom. The van der Waals surface area contributed by atoms with Gasteiger partial charge in [0.25, 0.3) is 5.56 Å². The smallest absolute Gasteiger partial charge is 0.275 e. The number of aromatic nitrogens is 4. The quantitative estimate of drug-likeness (QED) is 0.764. The predicted octanol–water partition coefficient (Wildman–Crippen LogP) is 1.97. The van der Waals surface area contributed by atoms with Crippen molar-refractivity contribution in [2.45, 2.75) is 26.3 Å². The minimum atomic E-state index is -0.461. The van der Waals surface area contributed by atoms with Gasteiger partial charge in [0.15, 0.2) is 11.5 Å². The van der Waals surface area contributed by atoms with Crippen LogP contribution in [0, 0.1) is 0 Å². The molecule has 0 fully saturated rings. The molecule has 2 heterocycles. The number of pyridine rings is 1. The fraction of sp³-hybridized carbons (Fsp3) is 0.235. The van der Waals surface area contributed by atoms with Crippen molar-refractivity contribution in [3.05, 3.63) is 52.4 Å². The first kappa shape index (κ1) is 15.8. The summed E-state index contributed by atoms with van der Waals surface area (Å²) in [5.74, 6) is 0.0792. The van der Waals surface area contributed by atoms with Crippen molar-refractivity contribution in [3.8, 4) is 11.5 Å². The van der Waals surface area contributed by atoms with Crippen molar-refractivity contribution in [3.63, 3.8) is 0 Å². The second kappa shape index (κ2) is 6.57. The number of amides is 1. The van der Waals surface area contributed by atoms with E-state index in [-0.39, 0.29) is 17.2 Å². The zero-order valence-electron chi connectivity index (χ0n) is 13.4. The first-order chi connectivity index (χ1) is 11.6. The molecule has 0 aliphatic rings. The van der Waals surface area contributed by atoms with Gasteiger partial charge in [-0.05, 0) is 18.6 Å². The molecule has 7 heteroatoms. The molecule has 1 amide bonds. The van der Waals surface area contributed by atoms with Gasteiger partial charge in [-0.2, -0.15) is 0 Å². The number of nitrogens with zero attached hydrogens (tertiary/aromatic N) is 3. The van der Waals surface area contributed by atoms with Gasteiger partial charge in [-0.3, -0.25) is 9.59 Å². The fourth-order valence-electron chi connectivity index (χ4n) is 2.50. The second-order valence-electron chi connectivity index (χ2n) is 5.44. The Bertz CT molecular complexity index is 951. The van der Waals surface area contributed by atoms with E-state index in [1.54, 1.807) is 6.07 Å². The van der Waals surface area contributed by atoms with Crippen LogP contribution in [0.1, 0.15) is 32.0 Å². The van der Waals surface area contributed by atoms with Crippen molar-refractivity contribution in [1.29, 1.82) is 0 Å². The molecule has 0 spiro atoms. The summed E-state index contributed by atoms with van der Waals surface area (Å²) in [6.45, 7) is 3.26. The number of benzene rings is 1. The number of hydrogen-bond acceptors (Lipinski definition) is 5. The van der Waals surface area contributed by atoms with Gasteiger partial charge in [0, 0.05) is 12.3 Å². The number of H-pyrrole nitrogens is 1. The van der Waals surface area contributed by atoms with Crippen LogP contribution in [-0.4, -0.2) is 26.1 Å². The van der Waals surface area contributed by atoms with Crippen molar-refractivity contribution >= 4 is 16.8 Å². The van der Waals surface area contributed by atoms with Gasteiger partial charge in [-0.15, -0.1) is 10.2 Å². The highest BCUT2D eigenvalue weighted by Crippen LogP contribution is 2.17. The van der Waals surface area contributed by atoms with Gasteiger partial charge < -0.3 is 10.3 Å². The molecule has 24 heavy (non-hydrogen) atoms. The molecule has 1 unspecified atom stereocenters. The second-order valence-corrected chi connectivity index (χ2v) is 5.44. The van der Waals surface area contributed by atoms with Gasteiger partial charge in [-0.25, -0.2) is 4.98 Å². The van der Waals surface area contributed by atoms with Crippen LogP contribution in [0.4, 0.5) is 0 Å². The van der Waals surface area contributed by atoms with E-state index < -0.39 is 6.04 Å². The average molecular weight is 323 g/mol. The maximum atomic E-state index is 12.3. The Labute approximate surface area is 138 Å². The molecule has 2 N–H and O–H groups in total. The lowest BCUT2D eigenvalue weighted by molar-refractivity contribution is -0.119. The van der Waals surface area contributed by atoms with Crippen LogP contribution in [0.15, 0.2) is 41.2 Å². The molecule has 3 aromatic rings. The molecule has 0 radical (unpaired) electrons. The summed E-state index contributed by atoms with van der Waals surface area (Å²) in [6, 6.07) is 10.9. The number of hydrogen-bond donors (Lipinski definition) is 2. The lowest BCUT2D eigenvalue weighted by Gasteiger charge is -2.13. The Balaban J connectivity index is 1.99. The summed E-state index contributed by atoms with van der Waals surface area (Å²) in [7, 11) is 0. The first-order valence-corrected chi connectivity index (χ1v) is 7.68. The van der Waals surface area contributed by atoms with Gasteiger partial charge in [0.1, 0.15) is 5.69 Å². The number of fused-ring (bicyclic) bond motifs is 1. The zero-order valence-corrected chi connectivity index (χ0v) is 13.4. The molecule has 3 rings (SSSR count). The van der Waals surface area contributed by atoms with Crippen molar-refractivity contribution in [2.75, 3.05) is 0 Å². The largest absolute Gasteiger partial charge is 0.348 e. The van der Waals surface area contributed by atoms with E-state index in [0.29, 0.717) is 17.9 Å². The number of nitrogens with one attached hydrogen (secondary N) is 2. The summed E-state index contributed by atoms with van der Waals surface area (Å²) in [5.41, 5.74) is 1.16. The van der Waals surface area contributed by atoms with Crippen LogP contribution >= 0.6 is 0 Å². The topological polar surface area (TPSA) is 101 Å². The van der Waals surface area contributed by atoms with Gasteiger partial charge >= 0.3 is 0 Å². The zero-order chi connectivity index (χ0) is 17.1. The van der Waals surface area contributed by atoms with Crippen LogP contribution in [0.2, 0.25) is 0 Å². The Hall–Kier alpha value is -3.09. The molecule has 0 aliphatic heterocycles. The average Bonchev–Trinajstić information content (AvgIpc) is 2.59. The van der Waals surface area contributed by atoms with Crippen LogP contribution in [0.5, 0.6) is 0 Å². The number of para-hydroxylation sites is 1. The molecule has 0 saturated carbocycles. The van der Waals surface area contributed by atoms with Gasteiger partial charge in [0.05, 0.1) is 11.6 Å². The molecular weight excluding hydrogens is 306 g/mol. The van der Waals surface area contributed by atoms with Crippen LogP contribution in [0.3, 0.4) is 0 Å². The minimum absolute atomic E-state index is 0.192. The molecule has 7 nitrogen and oxygen atoms in total. The van der Waals surface area contributed by atoms with E-state index in [2.05, 4.69) is 25.5 Å². The maximum absolute atomic E-state index is 12.3. The number of aromatic amines is 1. The lowest BCUT2D eigenvalue weighted by atomic mass is 10.1. The summed E-state index contributed by atoms with van der Waals surface area (Å²) >= 11 is 0. The predicted molar refractivity (Wildman–Crippen MR) is 90.2 cm³/mol. The van der Waals surface area contributed by atoms with E-state index >= 15 is 0 Å². The third-order valence-electron chi connectivity index (χ3n) is 3.68. The van der Waals surface area contributed by atoms with Crippen LogP contribution < -0.4 is 10.9 Å². The van der Waals surface area contributed by atoms with Gasteiger partial charge in [0.2, 0.25) is 5.91 Å². The molecule has 0 aliphatic carbocycles. The maximum Gasteiger partial charge on any atom is 0.275 e. The summed E-state index contributed by atoms with van der Waals surface area (Å²) in [5, 5.41) is 11.8. The molecule has 0 bridgehead atoms. The van der Waals surface area contributed by atoms with Gasteiger partial charge in [-0.1, -0.05) is 31.2 Å². The van der Waals surface area contributed by atoms with E-state index in [4.69, 9.17) is 0 Å². The Morgan fingerprint density at radius 2 is 2.00 bits per heavy atom. The highest BCUT2D eigenvalue weighted by atomic mass is 16.1. The molecule has 122 valence electrons. The standard InChI is InChI=1S/C17H17N5O2/c1-3-12(18-10(2)23)15-17(24)20-16(22-21-15)14-9-8-11-6-4-5-7-13(11)19-14/h4-9,12H,3H2,1-2H3,(H,18,23)(H,20,22,24). The highest BCUT2D eigenvalue weighted by Gasteiger charge is 2.17. The third kappa shape index (κ3) is 3.15. The lowest BCUT2D eigenvalue weighted by Crippen LogP contribution is -2.32. The van der Waals surface area contributed by atoms with Crippen LogP contribution in [-0.2, 0) is 4.79 Å². The SMILES string of the molecule is CCC(NC(C)=O)c1nnc(-c2ccc3ccccc3n2)[nH]c1=O. The Kier molecular flexibility index (Phi) is 4.33. The van der Waals surface area contributed by atoms with E-state index in [9.17, 15) is 9.59 Å². The van der Waals surface area contributed by atoms with Crippen LogP contribution in [0.25, 0.3) is 22.4 Å². The summed E-state index contributed by atoms with van der Waals surface area (Å²) in [6.07, 6.45) is 0.547. The van der Waals surface area contributed by atoms with E-state index in [1.165, 1.54) is 6.92 Å². The van der Waals surface area contributed by atoms with E-state index in [0.717, 1.165) is 10.9 Å².